The molecule has 1 aromatic rings. The van der Waals surface area contributed by atoms with Gasteiger partial charge in [-0.2, -0.15) is 0 Å². The van der Waals surface area contributed by atoms with E-state index in [1.807, 2.05) is 0 Å². The number of carbonyl (C=O) groups is 1. The normalized spacial score (nSPS) is 18.6. The van der Waals surface area contributed by atoms with Crippen LogP contribution in [0.1, 0.15) is 36.7 Å². The summed E-state index contributed by atoms with van der Waals surface area (Å²) in [6, 6.07) is 0. The molecule has 1 aromatic heterocycles. The summed E-state index contributed by atoms with van der Waals surface area (Å²) in [6.07, 6.45) is 6.29. The third kappa shape index (κ3) is 4.45. The molecule has 110 valence electrons. The molecule has 0 aliphatic carbocycles. The van der Waals surface area contributed by atoms with Crippen molar-refractivity contribution in [3.05, 3.63) is 18.1 Å². The average molecular weight is 278 g/mol. The number of nitrogens with one attached hydrogen (secondary N) is 2. The Morgan fingerprint density at radius 3 is 3.00 bits per heavy atom. The average Bonchev–Trinajstić information content (AvgIpc) is 2.52. The molecule has 6 heteroatoms. The maximum Gasteiger partial charge on any atom is 0.271 e. The van der Waals surface area contributed by atoms with E-state index >= 15 is 0 Å². The molecular weight excluding hydrogens is 256 g/mol. The molecule has 1 saturated heterocycles. The Morgan fingerprint density at radius 2 is 2.35 bits per heavy atom. The Bertz CT molecular complexity index is 416. The van der Waals surface area contributed by atoms with E-state index in [1.165, 1.54) is 6.20 Å². The van der Waals surface area contributed by atoms with Gasteiger partial charge in [0.05, 0.1) is 19.0 Å². The summed E-state index contributed by atoms with van der Waals surface area (Å²) >= 11 is 0. The minimum atomic E-state index is -0.176. The molecule has 0 radical (unpaired) electrons. The molecule has 0 spiro atoms. The van der Waals surface area contributed by atoms with Crippen LogP contribution >= 0.6 is 0 Å². The number of amides is 1. The van der Waals surface area contributed by atoms with E-state index in [1.54, 1.807) is 6.20 Å². The van der Waals surface area contributed by atoms with E-state index in [0.717, 1.165) is 39.0 Å². The number of hydrogen-bond acceptors (Lipinski definition) is 5. The molecule has 0 saturated carbocycles. The monoisotopic (exact) mass is 278 g/mol. The minimum absolute atomic E-state index is 0.176. The van der Waals surface area contributed by atoms with Gasteiger partial charge in [-0.1, -0.05) is 6.92 Å². The molecule has 1 atom stereocenters. The number of nitrogens with zero attached hydrogens (tertiary/aromatic N) is 2. The topological polar surface area (TPSA) is 76.1 Å². The van der Waals surface area contributed by atoms with Gasteiger partial charge in [-0.3, -0.25) is 4.79 Å². The van der Waals surface area contributed by atoms with E-state index in [4.69, 9.17) is 4.74 Å². The lowest BCUT2D eigenvalue weighted by molar-refractivity contribution is 0.0535. The molecule has 2 N–H and O–H groups in total. The molecule has 0 aromatic carbocycles. The molecular formula is C14H22N4O2. The molecule has 1 aliphatic rings. The largest absolute Gasteiger partial charge is 0.381 e. The lowest BCUT2D eigenvalue weighted by Gasteiger charge is -2.22. The van der Waals surface area contributed by atoms with Gasteiger partial charge in [-0.25, -0.2) is 9.97 Å². The Balaban J connectivity index is 1.79. The van der Waals surface area contributed by atoms with E-state index in [0.29, 0.717) is 24.0 Å². The first-order chi connectivity index (χ1) is 9.79. The summed E-state index contributed by atoms with van der Waals surface area (Å²) < 4.78 is 5.39. The van der Waals surface area contributed by atoms with Crippen LogP contribution in [0.3, 0.4) is 0 Å². The van der Waals surface area contributed by atoms with Gasteiger partial charge in [0.15, 0.2) is 0 Å². The van der Waals surface area contributed by atoms with Gasteiger partial charge in [0.1, 0.15) is 11.5 Å². The Morgan fingerprint density at radius 1 is 1.45 bits per heavy atom. The zero-order valence-corrected chi connectivity index (χ0v) is 11.9. The van der Waals surface area contributed by atoms with Crippen LogP contribution < -0.4 is 10.6 Å². The third-order valence-electron chi connectivity index (χ3n) is 3.25. The van der Waals surface area contributed by atoms with Crippen LogP contribution in [-0.4, -0.2) is 42.2 Å². The second-order valence-corrected chi connectivity index (χ2v) is 5.01. The van der Waals surface area contributed by atoms with Crippen LogP contribution in [0.15, 0.2) is 12.4 Å². The van der Waals surface area contributed by atoms with Gasteiger partial charge in [-0.05, 0) is 25.2 Å². The number of rotatable bonds is 6. The standard InChI is InChI=1S/C14H22N4O2/c1-2-5-15-13-9-16-12(8-17-13)14(19)18-7-11-4-3-6-20-10-11/h8-9,11H,2-7,10H2,1H3,(H,15,17)(H,18,19). The van der Waals surface area contributed by atoms with Crippen molar-refractivity contribution in [1.29, 1.82) is 0 Å². The molecule has 1 unspecified atom stereocenters. The van der Waals surface area contributed by atoms with Gasteiger partial charge < -0.3 is 15.4 Å². The van der Waals surface area contributed by atoms with Crippen molar-refractivity contribution in [2.24, 2.45) is 5.92 Å². The highest BCUT2D eigenvalue weighted by Crippen LogP contribution is 2.12. The molecule has 0 bridgehead atoms. The van der Waals surface area contributed by atoms with Crippen molar-refractivity contribution in [1.82, 2.24) is 15.3 Å². The van der Waals surface area contributed by atoms with Gasteiger partial charge in [-0.15, -0.1) is 0 Å². The van der Waals surface area contributed by atoms with Crippen LogP contribution in [0.4, 0.5) is 5.82 Å². The summed E-state index contributed by atoms with van der Waals surface area (Å²) in [7, 11) is 0. The minimum Gasteiger partial charge on any atom is -0.381 e. The van der Waals surface area contributed by atoms with Gasteiger partial charge in [0.25, 0.3) is 5.91 Å². The van der Waals surface area contributed by atoms with Crippen LogP contribution in [0.25, 0.3) is 0 Å². The highest BCUT2D eigenvalue weighted by Gasteiger charge is 2.15. The Labute approximate surface area is 119 Å². The van der Waals surface area contributed by atoms with Gasteiger partial charge in [0, 0.05) is 19.7 Å². The fourth-order valence-electron chi connectivity index (χ4n) is 2.09. The number of carbonyl (C=O) groups excluding carboxylic acids is 1. The molecule has 2 heterocycles. The first kappa shape index (κ1) is 14.7. The number of ether oxygens (including phenoxy) is 1. The third-order valence-corrected chi connectivity index (χ3v) is 3.25. The van der Waals surface area contributed by atoms with Crippen LogP contribution in [0, 0.1) is 5.92 Å². The van der Waals surface area contributed by atoms with E-state index in [2.05, 4.69) is 27.5 Å². The smallest absolute Gasteiger partial charge is 0.271 e. The van der Waals surface area contributed by atoms with Crippen molar-refractivity contribution in [3.8, 4) is 0 Å². The Hall–Kier alpha value is -1.69. The SMILES string of the molecule is CCCNc1cnc(C(=O)NCC2CCCOC2)cn1. The lowest BCUT2D eigenvalue weighted by atomic mass is 10.0. The second kappa shape index (κ2) is 7.79. The predicted octanol–water partition coefficient (Wildman–Crippen LogP) is 1.45. The molecule has 6 nitrogen and oxygen atoms in total. The zero-order valence-electron chi connectivity index (χ0n) is 11.9. The van der Waals surface area contributed by atoms with Crippen LogP contribution in [0.2, 0.25) is 0 Å². The van der Waals surface area contributed by atoms with Crippen LogP contribution in [-0.2, 0) is 4.74 Å². The first-order valence-electron chi connectivity index (χ1n) is 7.21. The van der Waals surface area contributed by atoms with Crippen molar-refractivity contribution < 1.29 is 9.53 Å². The second-order valence-electron chi connectivity index (χ2n) is 5.01. The van der Waals surface area contributed by atoms with Gasteiger partial charge in [0.2, 0.25) is 0 Å². The Kier molecular flexibility index (Phi) is 5.73. The van der Waals surface area contributed by atoms with Crippen molar-refractivity contribution in [3.63, 3.8) is 0 Å². The number of hydrogen-bond donors (Lipinski definition) is 2. The summed E-state index contributed by atoms with van der Waals surface area (Å²) in [6.45, 7) is 5.13. The number of anilines is 1. The predicted molar refractivity (Wildman–Crippen MR) is 76.7 cm³/mol. The first-order valence-corrected chi connectivity index (χ1v) is 7.21. The van der Waals surface area contributed by atoms with Crippen molar-refractivity contribution in [2.75, 3.05) is 31.6 Å². The lowest BCUT2D eigenvalue weighted by Crippen LogP contribution is -2.33. The molecule has 20 heavy (non-hydrogen) atoms. The highest BCUT2D eigenvalue weighted by molar-refractivity contribution is 5.91. The fraction of sp³-hybridized carbons (Fsp3) is 0.643. The quantitative estimate of drug-likeness (QED) is 0.823. The van der Waals surface area contributed by atoms with E-state index in [9.17, 15) is 4.79 Å². The van der Waals surface area contributed by atoms with E-state index in [-0.39, 0.29) is 5.91 Å². The van der Waals surface area contributed by atoms with E-state index < -0.39 is 0 Å². The molecule has 1 amide bonds. The molecule has 1 aliphatic heterocycles. The summed E-state index contributed by atoms with van der Waals surface area (Å²) in [5, 5.41) is 6.01. The maximum absolute atomic E-state index is 11.9. The van der Waals surface area contributed by atoms with Crippen molar-refractivity contribution >= 4 is 11.7 Å². The number of aromatic nitrogens is 2. The fourth-order valence-corrected chi connectivity index (χ4v) is 2.09. The summed E-state index contributed by atoms with van der Waals surface area (Å²) in [4.78, 5) is 20.2. The summed E-state index contributed by atoms with van der Waals surface area (Å²) in [5.41, 5.74) is 0.351. The van der Waals surface area contributed by atoms with Crippen LogP contribution in [0.5, 0.6) is 0 Å². The van der Waals surface area contributed by atoms with Gasteiger partial charge >= 0.3 is 0 Å². The molecule has 1 fully saturated rings. The zero-order chi connectivity index (χ0) is 14.2. The molecule has 2 rings (SSSR count). The highest BCUT2D eigenvalue weighted by atomic mass is 16.5. The summed E-state index contributed by atoms with van der Waals surface area (Å²) in [5.74, 6) is 0.931. The maximum atomic E-state index is 11.9. The van der Waals surface area contributed by atoms with Crippen molar-refractivity contribution in [2.45, 2.75) is 26.2 Å².